The number of carbonyl (C=O) groups is 2. The van der Waals surface area contributed by atoms with Crippen molar-refractivity contribution in [1.82, 2.24) is 10.6 Å². The van der Waals surface area contributed by atoms with Crippen LogP contribution < -0.4 is 10.6 Å². The molecule has 1 aliphatic heterocycles. The van der Waals surface area contributed by atoms with Crippen molar-refractivity contribution in [1.29, 1.82) is 0 Å². The molecule has 0 radical (unpaired) electrons. The average molecular weight is 511 g/mol. The van der Waals surface area contributed by atoms with E-state index in [2.05, 4.69) is 10.6 Å². The summed E-state index contributed by atoms with van der Waals surface area (Å²) >= 11 is 0. The van der Waals surface area contributed by atoms with E-state index in [0.29, 0.717) is 13.0 Å². The van der Waals surface area contributed by atoms with E-state index >= 15 is 0 Å². The van der Waals surface area contributed by atoms with Gasteiger partial charge in [-0.05, 0) is 12.5 Å². The number of aliphatic hydroxyl groups excluding tert-OH is 1. The molecule has 3 atom stereocenters. The van der Waals surface area contributed by atoms with Gasteiger partial charge in [0, 0.05) is 27.0 Å². The molecule has 1 rings (SSSR count). The maximum absolute atomic E-state index is 11.6. The molecule has 0 bridgehead atoms. The molecule has 0 aromatic carbocycles. The molecule has 20 heavy (non-hydrogen) atoms. The van der Waals surface area contributed by atoms with Crippen molar-refractivity contribution in [2.45, 2.75) is 38.0 Å². The number of amides is 2. The molecular weight excluding hydrogens is 490 g/mol. The average Bonchev–Trinajstić information content (AvgIpc) is 2.68. The third-order valence-corrected chi connectivity index (χ3v) is 2.76. The molecule has 2 amide bonds. The summed E-state index contributed by atoms with van der Waals surface area (Å²) in [4.78, 5) is 22.2. The summed E-state index contributed by atoms with van der Waals surface area (Å²) < 4.78 is 10.1. The van der Waals surface area contributed by atoms with Crippen LogP contribution in [0.2, 0.25) is 0 Å². The second kappa shape index (κ2) is 10.6. The van der Waals surface area contributed by atoms with Gasteiger partial charge in [-0.25, -0.2) is 0 Å². The predicted molar refractivity (Wildman–Crippen MR) is 66.9 cm³/mol. The van der Waals surface area contributed by atoms with Crippen molar-refractivity contribution in [2.24, 2.45) is 0 Å². The maximum Gasteiger partial charge on any atom is 2.00 e. The van der Waals surface area contributed by atoms with E-state index in [0.717, 1.165) is 0 Å². The first-order valence-electron chi connectivity index (χ1n) is 6.24. The Bertz CT molecular complexity index is 316. The molecule has 8 heteroatoms. The van der Waals surface area contributed by atoms with E-state index in [4.69, 9.17) is 9.47 Å². The minimum absolute atomic E-state index is 0. The van der Waals surface area contributed by atoms with E-state index in [9.17, 15) is 14.7 Å². The summed E-state index contributed by atoms with van der Waals surface area (Å²) in [7, 11) is 1.52. The molecule has 0 aromatic heterocycles. The molecule has 1 fully saturated rings. The van der Waals surface area contributed by atoms with Crippen LogP contribution in [-0.4, -0.2) is 55.4 Å². The number of ether oxygens (including phenoxy) is 2. The Morgan fingerprint density at radius 3 is 2.75 bits per heavy atom. The monoisotopic (exact) mass is 511 g/mol. The third-order valence-electron chi connectivity index (χ3n) is 2.76. The second-order valence-corrected chi connectivity index (χ2v) is 4.44. The summed E-state index contributed by atoms with van der Waals surface area (Å²) in [5, 5.41) is 15.1. The van der Waals surface area contributed by atoms with Gasteiger partial charge in [-0.15, -0.1) is 0 Å². The minimum atomic E-state index is -0.806. The molecule has 7 nitrogen and oxygen atoms in total. The Kier molecular flexibility index (Phi) is 10.5. The van der Waals surface area contributed by atoms with Crippen LogP contribution in [0.15, 0.2) is 0 Å². The number of hydrogen-bond donors (Lipinski definition) is 3. The number of methoxy groups -OCH3 is 1. The zero-order chi connectivity index (χ0) is 14.3. The molecule has 3 unspecified atom stereocenters. The minimum Gasteiger partial charge on any atom is -0.544 e. The summed E-state index contributed by atoms with van der Waals surface area (Å²) in [5.74, 6) is -0.303. The Hall–Kier alpha value is -0.128. The number of aliphatic hydroxyl groups is 1. The van der Waals surface area contributed by atoms with E-state index < -0.39 is 18.2 Å². The zero-order valence-corrected chi connectivity index (χ0v) is 15.9. The van der Waals surface area contributed by atoms with Gasteiger partial charge in [-0.1, -0.05) is 0 Å². The van der Waals surface area contributed by atoms with Crippen molar-refractivity contribution in [3.05, 3.63) is 6.61 Å². The molecule has 1 aliphatic rings. The molecule has 0 spiro atoms. The summed E-state index contributed by atoms with van der Waals surface area (Å²) in [6, 6.07) is -0.520. The summed E-state index contributed by atoms with van der Waals surface area (Å²) in [6.45, 7) is 3.58. The molecule has 0 saturated carbocycles. The number of rotatable bonds is 7. The van der Waals surface area contributed by atoms with Crippen LogP contribution in [0.4, 0.5) is 0 Å². The fourth-order valence-electron chi connectivity index (χ4n) is 1.77. The SMILES string of the molecule is COCC1O[CH-]C(NC(=O)CCCNC(C)=O)C1O.[U+2]. The molecule has 1 heterocycles. The Morgan fingerprint density at radius 2 is 2.15 bits per heavy atom. The molecular formula is C12H21N2O5U+. The van der Waals surface area contributed by atoms with Crippen molar-refractivity contribution in [2.75, 3.05) is 20.3 Å². The quantitative estimate of drug-likeness (QED) is 0.300. The fraction of sp³-hybridized carbons (Fsp3) is 0.750. The van der Waals surface area contributed by atoms with Crippen LogP contribution in [0.25, 0.3) is 0 Å². The van der Waals surface area contributed by atoms with Crippen LogP contribution in [-0.2, 0) is 19.1 Å². The Balaban J connectivity index is 0.00000361. The first kappa shape index (κ1) is 19.9. The van der Waals surface area contributed by atoms with Gasteiger partial charge in [-0.2, -0.15) is 6.61 Å². The van der Waals surface area contributed by atoms with Crippen LogP contribution in [0.3, 0.4) is 0 Å². The molecule has 1 saturated heterocycles. The molecule has 0 aliphatic carbocycles. The number of carbonyl (C=O) groups excluding carboxylic acids is 2. The van der Waals surface area contributed by atoms with Gasteiger partial charge < -0.3 is 25.2 Å². The van der Waals surface area contributed by atoms with Gasteiger partial charge in [0.25, 0.3) is 0 Å². The maximum atomic E-state index is 11.6. The number of nitrogens with one attached hydrogen (secondary N) is 2. The summed E-state index contributed by atoms with van der Waals surface area (Å²) in [5.41, 5.74) is 0. The van der Waals surface area contributed by atoms with Gasteiger partial charge in [0.05, 0.1) is 18.8 Å². The van der Waals surface area contributed by atoms with E-state index in [-0.39, 0.29) is 56.0 Å². The van der Waals surface area contributed by atoms with Crippen LogP contribution in [0, 0.1) is 37.7 Å². The molecule has 0 aromatic rings. The summed E-state index contributed by atoms with van der Waals surface area (Å²) in [6.07, 6.45) is -0.419. The second-order valence-electron chi connectivity index (χ2n) is 4.44. The van der Waals surface area contributed by atoms with Crippen molar-refractivity contribution < 1.29 is 55.3 Å². The van der Waals surface area contributed by atoms with Crippen molar-refractivity contribution in [3.63, 3.8) is 0 Å². The first-order valence-corrected chi connectivity index (χ1v) is 6.24. The van der Waals surface area contributed by atoms with E-state index in [1.54, 1.807) is 0 Å². The smallest absolute Gasteiger partial charge is 0.544 e. The van der Waals surface area contributed by atoms with Crippen molar-refractivity contribution >= 4 is 11.8 Å². The molecule has 112 valence electrons. The normalized spacial score (nSPS) is 24.9. The zero-order valence-electron chi connectivity index (χ0n) is 11.7. The standard InChI is InChI=1S/C12H21N2O5.U/c1-8(15)13-5-3-4-11(16)14-9-6-19-10(7-18-2)12(9)17;/h6,9-10,12,17H,3-5,7H2,1-2H3,(H,13,15)(H,14,16);/q-1;+2. The topological polar surface area (TPSA) is 96.9 Å². The third kappa shape index (κ3) is 7.05. The fourth-order valence-corrected chi connectivity index (χ4v) is 1.77. The van der Waals surface area contributed by atoms with Crippen molar-refractivity contribution in [3.8, 4) is 0 Å². The van der Waals surface area contributed by atoms with Gasteiger partial charge in [0.2, 0.25) is 11.8 Å². The Labute approximate surface area is 142 Å². The van der Waals surface area contributed by atoms with Crippen LogP contribution in [0.5, 0.6) is 0 Å². The van der Waals surface area contributed by atoms with Gasteiger partial charge in [0.1, 0.15) is 0 Å². The Morgan fingerprint density at radius 1 is 1.45 bits per heavy atom. The van der Waals surface area contributed by atoms with E-state index in [1.165, 1.54) is 20.6 Å². The molecule has 3 N–H and O–H groups in total. The van der Waals surface area contributed by atoms with Gasteiger partial charge in [-0.3, -0.25) is 9.59 Å². The van der Waals surface area contributed by atoms with Gasteiger partial charge in [0.15, 0.2) is 0 Å². The van der Waals surface area contributed by atoms with Crippen LogP contribution >= 0.6 is 0 Å². The van der Waals surface area contributed by atoms with Crippen LogP contribution in [0.1, 0.15) is 19.8 Å². The first-order chi connectivity index (χ1) is 9.04. The largest absolute Gasteiger partial charge is 2.00 e. The number of hydrogen-bond acceptors (Lipinski definition) is 5. The predicted octanol–water partition coefficient (Wildman–Crippen LogP) is -1.04. The van der Waals surface area contributed by atoms with Gasteiger partial charge >= 0.3 is 31.1 Å². The van der Waals surface area contributed by atoms with E-state index in [1.807, 2.05) is 0 Å².